The third-order valence-electron chi connectivity index (χ3n) is 6.91. The third kappa shape index (κ3) is 7.87. The van der Waals surface area contributed by atoms with Crippen molar-refractivity contribution >= 4 is 5.97 Å². The Labute approximate surface area is 230 Å². The molecule has 5 rings (SSSR count). The molecule has 0 bridgehead atoms. The van der Waals surface area contributed by atoms with Gasteiger partial charge in [-0.25, -0.2) is 4.79 Å². The van der Waals surface area contributed by atoms with E-state index in [1.54, 1.807) is 12.1 Å². The van der Waals surface area contributed by atoms with Gasteiger partial charge in [-0.2, -0.15) is 0 Å². The maximum Gasteiger partial charge on any atom is 0.338 e. The van der Waals surface area contributed by atoms with E-state index in [1.807, 2.05) is 109 Å². The van der Waals surface area contributed by atoms with Gasteiger partial charge in [0.15, 0.2) is 0 Å². The highest BCUT2D eigenvalue weighted by atomic mass is 16.6. The molecule has 0 spiro atoms. The molecule has 0 unspecified atom stereocenters. The molecule has 1 aliphatic rings. The van der Waals surface area contributed by atoms with Crippen molar-refractivity contribution in [2.75, 3.05) is 0 Å². The Kier molecular flexibility index (Phi) is 9.53. The Hall–Kier alpha value is -3.77. The van der Waals surface area contributed by atoms with Crippen LogP contribution in [0.2, 0.25) is 0 Å². The minimum Gasteiger partial charge on any atom is -0.456 e. The first-order valence-corrected chi connectivity index (χ1v) is 13.5. The van der Waals surface area contributed by atoms with E-state index in [0.717, 1.165) is 16.7 Å². The predicted octanol–water partition coefficient (Wildman–Crippen LogP) is 6.76. The summed E-state index contributed by atoms with van der Waals surface area (Å²) in [4.78, 5) is 13.1. The molecule has 4 atom stereocenters. The van der Waals surface area contributed by atoms with Crippen molar-refractivity contribution in [2.24, 2.45) is 0 Å². The number of benzene rings is 4. The first kappa shape index (κ1) is 26.8. The zero-order valence-corrected chi connectivity index (χ0v) is 21.9. The van der Waals surface area contributed by atoms with Crippen molar-refractivity contribution in [3.63, 3.8) is 0 Å². The van der Waals surface area contributed by atoms with Crippen LogP contribution in [-0.2, 0) is 38.8 Å². The van der Waals surface area contributed by atoms with E-state index in [9.17, 15) is 4.79 Å². The normalized spacial score (nSPS) is 20.8. The van der Waals surface area contributed by atoms with Crippen LogP contribution in [0, 0.1) is 0 Å². The molecular weight excluding hydrogens is 488 g/mol. The van der Waals surface area contributed by atoms with Gasteiger partial charge in [-0.1, -0.05) is 109 Å². The van der Waals surface area contributed by atoms with Crippen molar-refractivity contribution in [3.8, 4) is 0 Å². The van der Waals surface area contributed by atoms with Crippen LogP contribution < -0.4 is 0 Å². The van der Waals surface area contributed by atoms with Crippen LogP contribution in [0.25, 0.3) is 0 Å². The molecule has 0 N–H and O–H groups in total. The molecule has 0 aromatic heterocycles. The predicted molar refractivity (Wildman–Crippen MR) is 150 cm³/mol. The average molecular weight is 523 g/mol. The molecular formula is C34H34O5. The van der Waals surface area contributed by atoms with Crippen LogP contribution >= 0.6 is 0 Å². The van der Waals surface area contributed by atoms with Gasteiger partial charge in [-0.15, -0.1) is 0 Å². The Balaban J connectivity index is 1.36. The van der Waals surface area contributed by atoms with Crippen molar-refractivity contribution in [3.05, 3.63) is 144 Å². The molecule has 0 amide bonds. The van der Waals surface area contributed by atoms with Gasteiger partial charge < -0.3 is 18.9 Å². The molecule has 0 radical (unpaired) electrons. The fourth-order valence-electron chi connectivity index (χ4n) is 4.86. The molecule has 1 fully saturated rings. The number of hydrogen-bond donors (Lipinski definition) is 0. The standard InChI is InChI=1S/C34H34O5/c35-34(29-19-11-4-12-20-29)39-32-22-30(36-23-26-13-5-1-6-14-26)21-31(37-24-27-15-7-2-8-16-27)33(32)38-25-28-17-9-3-10-18-28/h1-20,30-33H,21-25H2/t30-,31+,32+,33-/m0/s1. The van der Waals surface area contributed by atoms with Gasteiger partial charge >= 0.3 is 5.97 Å². The summed E-state index contributed by atoms with van der Waals surface area (Å²) in [5.74, 6) is -0.376. The summed E-state index contributed by atoms with van der Waals surface area (Å²) in [6, 6.07) is 39.2. The summed E-state index contributed by atoms with van der Waals surface area (Å²) in [5.41, 5.74) is 3.73. The van der Waals surface area contributed by atoms with E-state index in [2.05, 4.69) is 0 Å². The number of carbonyl (C=O) groups is 1. The number of ether oxygens (including phenoxy) is 4. The first-order valence-electron chi connectivity index (χ1n) is 13.5. The lowest BCUT2D eigenvalue weighted by Gasteiger charge is -2.40. The van der Waals surface area contributed by atoms with Crippen LogP contribution in [0.3, 0.4) is 0 Å². The smallest absolute Gasteiger partial charge is 0.338 e. The monoisotopic (exact) mass is 522 g/mol. The van der Waals surface area contributed by atoms with Crippen molar-refractivity contribution < 1.29 is 23.7 Å². The zero-order chi connectivity index (χ0) is 26.7. The van der Waals surface area contributed by atoms with Gasteiger partial charge in [0.2, 0.25) is 0 Å². The quantitative estimate of drug-likeness (QED) is 0.204. The van der Waals surface area contributed by atoms with E-state index in [4.69, 9.17) is 18.9 Å². The summed E-state index contributed by atoms with van der Waals surface area (Å²) >= 11 is 0. The van der Waals surface area contributed by atoms with E-state index in [0.29, 0.717) is 38.2 Å². The van der Waals surface area contributed by atoms with Crippen LogP contribution in [0.5, 0.6) is 0 Å². The minimum atomic E-state index is -0.531. The number of rotatable bonds is 11. The summed E-state index contributed by atoms with van der Waals surface area (Å²) in [6.07, 6.45) is -0.294. The van der Waals surface area contributed by atoms with Crippen LogP contribution in [-0.4, -0.2) is 30.4 Å². The van der Waals surface area contributed by atoms with Gasteiger partial charge in [0.1, 0.15) is 12.2 Å². The number of carbonyl (C=O) groups excluding carboxylic acids is 1. The Morgan fingerprint density at radius 3 is 1.51 bits per heavy atom. The lowest BCUT2D eigenvalue weighted by molar-refractivity contribution is -0.181. The van der Waals surface area contributed by atoms with Gasteiger partial charge in [-0.3, -0.25) is 0 Å². The molecule has 5 nitrogen and oxygen atoms in total. The van der Waals surface area contributed by atoms with Gasteiger partial charge in [0, 0.05) is 12.8 Å². The number of hydrogen-bond acceptors (Lipinski definition) is 5. The van der Waals surface area contributed by atoms with Gasteiger partial charge in [-0.05, 0) is 28.8 Å². The largest absolute Gasteiger partial charge is 0.456 e. The molecule has 4 aromatic carbocycles. The van der Waals surface area contributed by atoms with E-state index < -0.39 is 12.2 Å². The molecule has 1 aliphatic carbocycles. The molecule has 5 heteroatoms. The second kappa shape index (κ2) is 13.9. The fraction of sp³-hybridized carbons (Fsp3) is 0.265. The Morgan fingerprint density at radius 2 is 0.974 bits per heavy atom. The highest BCUT2D eigenvalue weighted by Crippen LogP contribution is 2.31. The molecule has 1 saturated carbocycles. The van der Waals surface area contributed by atoms with E-state index in [1.165, 1.54) is 0 Å². The van der Waals surface area contributed by atoms with E-state index >= 15 is 0 Å². The summed E-state index contributed by atoms with van der Waals surface area (Å²) < 4.78 is 25.4. The summed E-state index contributed by atoms with van der Waals surface area (Å²) in [6.45, 7) is 1.30. The van der Waals surface area contributed by atoms with Gasteiger partial charge in [0.05, 0.1) is 37.6 Å². The molecule has 39 heavy (non-hydrogen) atoms. The zero-order valence-electron chi connectivity index (χ0n) is 21.9. The fourth-order valence-corrected chi connectivity index (χ4v) is 4.86. The average Bonchev–Trinajstić information content (AvgIpc) is 3.00. The summed E-state index contributed by atoms with van der Waals surface area (Å²) in [5, 5.41) is 0. The van der Waals surface area contributed by atoms with Crippen LogP contribution in [0.4, 0.5) is 0 Å². The highest BCUT2D eigenvalue weighted by Gasteiger charge is 2.42. The Bertz CT molecular complexity index is 1260. The first-order chi connectivity index (χ1) is 19.2. The van der Waals surface area contributed by atoms with Crippen LogP contribution in [0.15, 0.2) is 121 Å². The maximum atomic E-state index is 13.1. The second-order valence-electron chi connectivity index (χ2n) is 9.80. The molecule has 4 aromatic rings. The SMILES string of the molecule is O=C(O[C@@H]1C[C@@H](OCc2ccccc2)C[C@@H](OCc2ccccc2)[C@@H]1OCc1ccccc1)c1ccccc1. The van der Waals surface area contributed by atoms with Gasteiger partial charge in [0.25, 0.3) is 0 Å². The third-order valence-corrected chi connectivity index (χ3v) is 6.91. The number of esters is 1. The van der Waals surface area contributed by atoms with E-state index in [-0.39, 0.29) is 18.2 Å². The van der Waals surface area contributed by atoms with Crippen molar-refractivity contribution in [2.45, 2.75) is 57.1 Å². The second-order valence-corrected chi connectivity index (χ2v) is 9.80. The van der Waals surface area contributed by atoms with Crippen molar-refractivity contribution in [1.82, 2.24) is 0 Å². The molecule has 0 saturated heterocycles. The van der Waals surface area contributed by atoms with Crippen molar-refractivity contribution in [1.29, 1.82) is 0 Å². The molecule has 200 valence electrons. The topological polar surface area (TPSA) is 54.0 Å². The maximum absolute atomic E-state index is 13.1. The minimum absolute atomic E-state index is 0.156. The highest BCUT2D eigenvalue weighted by molar-refractivity contribution is 5.89. The molecule has 0 aliphatic heterocycles. The lowest BCUT2D eigenvalue weighted by atomic mass is 9.88. The van der Waals surface area contributed by atoms with Crippen LogP contribution in [0.1, 0.15) is 39.9 Å². The molecule has 0 heterocycles. The lowest BCUT2D eigenvalue weighted by Crippen LogP contribution is -2.51. The summed E-state index contributed by atoms with van der Waals surface area (Å²) in [7, 11) is 0. The Morgan fingerprint density at radius 1 is 0.538 bits per heavy atom.